The number of nitro groups is 1. The first-order valence-corrected chi connectivity index (χ1v) is 8.32. The zero-order valence-electron chi connectivity index (χ0n) is 13.4. The van der Waals surface area contributed by atoms with Gasteiger partial charge in [-0.25, -0.2) is 9.98 Å². The molecule has 26 heavy (non-hydrogen) atoms. The average Bonchev–Trinajstić information content (AvgIpc) is 3.10. The van der Waals surface area contributed by atoms with Gasteiger partial charge < -0.3 is 11.5 Å². The van der Waals surface area contributed by atoms with Gasteiger partial charge in [-0.1, -0.05) is 36.4 Å². The van der Waals surface area contributed by atoms with E-state index in [1.54, 1.807) is 41.8 Å². The van der Waals surface area contributed by atoms with Crippen LogP contribution in [0.1, 0.15) is 11.1 Å². The number of aliphatic imine (C=N–C) groups is 1. The molecule has 0 aliphatic rings. The van der Waals surface area contributed by atoms with Crippen molar-refractivity contribution in [3.63, 3.8) is 0 Å². The quantitative estimate of drug-likeness (QED) is 0.275. The Bertz CT molecular complexity index is 1030. The lowest BCUT2D eigenvalue weighted by molar-refractivity contribution is -0.384. The number of nitrogen functional groups attached to an aromatic ring is 1. The summed E-state index contributed by atoms with van der Waals surface area (Å²) >= 11 is 1.26. The van der Waals surface area contributed by atoms with E-state index in [9.17, 15) is 10.1 Å². The molecule has 0 aliphatic carbocycles. The Balaban J connectivity index is 1.93. The van der Waals surface area contributed by atoms with E-state index >= 15 is 0 Å². The summed E-state index contributed by atoms with van der Waals surface area (Å²) in [6.07, 6.45) is 0. The molecule has 1 aromatic heterocycles. The Hall–Kier alpha value is -3.59. The minimum absolute atomic E-state index is 0.00421. The van der Waals surface area contributed by atoms with E-state index in [1.807, 2.05) is 0 Å². The van der Waals surface area contributed by atoms with Crippen molar-refractivity contribution in [3.05, 3.63) is 75.2 Å². The highest BCUT2D eigenvalue weighted by Gasteiger charge is 2.12. The fraction of sp³-hybridized carbons (Fsp3) is 0. The molecule has 0 aliphatic heterocycles. The van der Waals surface area contributed by atoms with E-state index in [2.05, 4.69) is 9.98 Å². The molecule has 5 N–H and O–H groups in total. The monoisotopic (exact) mass is 366 g/mol. The summed E-state index contributed by atoms with van der Waals surface area (Å²) < 4.78 is 0. The Morgan fingerprint density at radius 2 is 1.88 bits per heavy atom. The number of nitrogens with zero attached hydrogens (tertiary/aromatic N) is 3. The maximum Gasteiger partial charge on any atom is 0.270 e. The Morgan fingerprint density at radius 1 is 1.15 bits per heavy atom. The standard InChI is InChI=1S/C17H14N6O2S/c18-15(19)12-6-1-2-7-13(12)16(20)22-17-21-14(9-26-17)10-4-3-5-11(8-10)23(24)25/h1-9H,(H3,18,19)(H2,20,21,22). The lowest BCUT2D eigenvalue weighted by Gasteiger charge is -2.06. The summed E-state index contributed by atoms with van der Waals surface area (Å²) in [5.41, 5.74) is 13.9. The van der Waals surface area contributed by atoms with E-state index in [0.29, 0.717) is 27.5 Å². The molecule has 0 fully saturated rings. The number of non-ortho nitro benzene ring substituents is 1. The van der Waals surface area contributed by atoms with Gasteiger partial charge in [0.1, 0.15) is 11.7 Å². The first kappa shape index (κ1) is 17.2. The van der Waals surface area contributed by atoms with Gasteiger partial charge >= 0.3 is 0 Å². The highest BCUT2D eigenvalue weighted by Crippen LogP contribution is 2.29. The van der Waals surface area contributed by atoms with Gasteiger partial charge in [0.2, 0.25) is 5.13 Å². The summed E-state index contributed by atoms with van der Waals surface area (Å²) in [7, 11) is 0. The van der Waals surface area contributed by atoms with Gasteiger partial charge in [0.15, 0.2) is 0 Å². The van der Waals surface area contributed by atoms with Crippen LogP contribution in [-0.2, 0) is 0 Å². The number of hydrogen-bond donors (Lipinski definition) is 3. The number of nitro benzene ring substituents is 1. The van der Waals surface area contributed by atoms with Gasteiger partial charge in [0, 0.05) is 34.2 Å². The zero-order chi connectivity index (χ0) is 18.7. The summed E-state index contributed by atoms with van der Waals surface area (Å²) in [4.78, 5) is 19.1. The van der Waals surface area contributed by atoms with Gasteiger partial charge in [-0.3, -0.25) is 15.5 Å². The van der Waals surface area contributed by atoms with Crippen molar-refractivity contribution in [1.82, 2.24) is 4.98 Å². The largest absolute Gasteiger partial charge is 0.384 e. The van der Waals surface area contributed by atoms with Crippen molar-refractivity contribution >= 4 is 33.8 Å². The van der Waals surface area contributed by atoms with Crippen LogP contribution in [0.4, 0.5) is 10.8 Å². The molecule has 0 spiro atoms. The number of nitrogens with one attached hydrogen (secondary N) is 1. The van der Waals surface area contributed by atoms with E-state index in [1.165, 1.54) is 23.5 Å². The lowest BCUT2D eigenvalue weighted by Crippen LogP contribution is -2.21. The Labute approximate surface area is 152 Å². The number of thiazole rings is 1. The molecular weight excluding hydrogens is 352 g/mol. The third kappa shape index (κ3) is 3.57. The number of nitrogens with two attached hydrogens (primary N) is 2. The number of aromatic nitrogens is 1. The summed E-state index contributed by atoms with van der Waals surface area (Å²) in [6.45, 7) is 0. The van der Waals surface area contributed by atoms with Crippen LogP contribution < -0.4 is 11.5 Å². The predicted octanol–water partition coefficient (Wildman–Crippen LogP) is 3.04. The van der Waals surface area contributed by atoms with Crippen molar-refractivity contribution in [1.29, 1.82) is 5.41 Å². The maximum absolute atomic E-state index is 10.9. The molecule has 0 unspecified atom stereocenters. The molecule has 9 heteroatoms. The van der Waals surface area contributed by atoms with Gasteiger partial charge in [-0.2, -0.15) is 0 Å². The molecule has 0 amide bonds. The molecule has 0 saturated heterocycles. The van der Waals surface area contributed by atoms with E-state index in [4.69, 9.17) is 16.9 Å². The lowest BCUT2D eigenvalue weighted by atomic mass is 10.1. The fourth-order valence-corrected chi connectivity index (χ4v) is 3.04. The second-order valence-electron chi connectivity index (χ2n) is 5.28. The number of rotatable bonds is 5. The fourth-order valence-electron chi connectivity index (χ4n) is 2.33. The van der Waals surface area contributed by atoms with E-state index in [0.717, 1.165) is 0 Å². The Kier molecular flexibility index (Phi) is 4.72. The van der Waals surface area contributed by atoms with Crippen LogP contribution in [0.3, 0.4) is 0 Å². The molecule has 130 valence electrons. The van der Waals surface area contributed by atoms with Crippen molar-refractivity contribution < 1.29 is 4.92 Å². The molecule has 3 rings (SSSR count). The molecule has 3 aromatic rings. The SMILES string of the molecule is N=C(N)c1ccccc1/C(N)=N/c1nc(-c2cccc([N+](=O)[O-])c2)cs1. The van der Waals surface area contributed by atoms with Gasteiger partial charge in [-0.05, 0) is 0 Å². The van der Waals surface area contributed by atoms with Crippen molar-refractivity contribution in [2.75, 3.05) is 0 Å². The van der Waals surface area contributed by atoms with Crippen molar-refractivity contribution in [3.8, 4) is 11.3 Å². The normalized spacial score (nSPS) is 11.3. The van der Waals surface area contributed by atoms with E-state index in [-0.39, 0.29) is 17.4 Å². The van der Waals surface area contributed by atoms with Gasteiger partial charge in [0.05, 0.1) is 10.6 Å². The minimum Gasteiger partial charge on any atom is -0.384 e. The zero-order valence-corrected chi connectivity index (χ0v) is 14.2. The van der Waals surface area contributed by atoms with Crippen molar-refractivity contribution in [2.45, 2.75) is 0 Å². The second-order valence-corrected chi connectivity index (χ2v) is 6.12. The van der Waals surface area contributed by atoms with Crippen LogP contribution in [-0.4, -0.2) is 21.6 Å². The summed E-state index contributed by atoms with van der Waals surface area (Å²) in [6, 6.07) is 13.2. The number of hydrogen-bond acceptors (Lipinski definition) is 6. The highest BCUT2D eigenvalue weighted by atomic mass is 32.1. The molecular formula is C17H14N6O2S. The molecule has 8 nitrogen and oxygen atoms in total. The van der Waals surface area contributed by atoms with Crippen LogP contribution in [0.25, 0.3) is 11.3 Å². The third-order valence-corrected chi connectivity index (χ3v) is 4.29. The molecule has 1 heterocycles. The predicted molar refractivity (Wildman–Crippen MR) is 102 cm³/mol. The maximum atomic E-state index is 10.9. The van der Waals surface area contributed by atoms with Gasteiger partial charge in [0.25, 0.3) is 5.69 Å². The minimum atomic E-state index is -0.453. The third-order valence-electron chi connectivity index (χ3n) is 3.55. The van der Waals surface area contributed by atoms with Crippen LogP contribution in [0.5, 0.6) is 0 Å². The van der Waals surface area contributed by atoms with Crippen LogP contribution in [0.2, 0.25) is 0 Å². The highest BCUT2D eigenvalue weighted by molar-refractivity contribution is 7.13. The molecule has 0 radical (unpaired) electrons. The first-order chi connectivity index (χ1) is 12.5. The molecule has 0 atom stereocenters. The first-order valence-electron chi connectivity index (χ1n) is 7.44. The molecule has 0 bridgehead atoms. The van der Waals surface area contributed by atoms with Gasteiger partial charge in [-0.15, -0.1) is 11.3 Å². The summed E-state index contributed by atoms with van der Waals surface area (Å²) in [5, 5.41) is 20.7. The van der Waals surface area contributed by atoms with E-state index < -0.39 is 4.92 Å². The van der Waals surface area contributed by atoms with Crippen LogP contribution in [0.15, 0.2) is 58.9 Å². The van der Waals surface area contributed by atoms with Crippen LogP contribution >= 0.6 is 11.3 Å². The van der Waals surface area contributed by atoms with Crippen LogP contribution in [0, 0.1) is 15.5 Å². The number of benzene rings is 2. The summed E-state index contributed by atoms with van der Waals surface area (Å²) in [5.74, 6) is 0.0888. The molecule has 0 saturated carbocycles. The number of amidine groups is 2. The topological polar surface area (TPSA) is 144 Å². The second kappa shape index (κ2) is 7.11. The Morgan fingerprint density at radius 3 is 2.58 bits per heavy atom. The van der Waals surface area contributed by atoms with Crippen molar-refractivity contribution in [2.24, 2.45) is 16.5 Å². The smallest absolute Gasteiger partial charge is 0.270 e. The average molecular weight is 366 g/mol. The molecule has 2 aromatic carbocycles.